The first kappa shape index (κ1) is 17.6. The van der Waals surface area contributed by atoms with Crippen molar-refractivity contribution >= 4 is 23.5 Å². The van der Waals surface area contributed by atoms with E-state index in [1.807, 2.05) is 0 Å². The number of carbonyl (C=O) groups is 3. The van der Waals surface area contributed by atoms with Crippen LogP contribution in [0, 0.1) is 11.8 Å². The second-order valence-electron chi connectivity index (χ2n) is 7.19. The summed E-state index contributed by atoms with van der Waals surface area (Å²) in [5.41, 5.74) is 0.682. The van der Waals surface area contributed by atoms with Gasteiger partial charge in [-0.05, 0) is 25.0 Å². The van der Waals surface area contributed by atoms with E-state index in [0.717, 1.165) is 0 Å². The van der Waals surface area contributed by atoms with Gasteiger partial charge in [-0.15, -0.1) is 0 Å². The van der Waals surface area contributed by atoms with Gasteiger partial charge < -0.3 is 24.4 Å². The highest BCUT2D eigenvalue weighted by molar-refractivity contribution is 6.00. The monoisotopic (exact) mass is 374 g/mol. The average Bonchev–Trinajstić information content (AvgIpc) is 3.08. The van der Waals surface area contributed by atoms with Gasteiger partial charge in [-0.1, -0.05) is 0 Å². The zero-order valence-corrected chi connectivity index (χ0v) is 14.9. The molecule has 3 aliphatic rings. The first-order valence-electron chi connectivity index (χ1n) is 9.24. The van der Waals surface area contributed by atoms with Crippen LogP contribution in [0.3, 0.4) is 0 Å². The van der Waals surface area contributed by atoms with Gasteiger partial charge in [0.15, 0.2) is 11.5 Å². The molecular weight excluding hydrogens is 352 g/mol. The van der Waals surface area contributed by atoms with E-state index in [9.17, 15) is 19.5 Å². The van der Waals surface area contributed by atoms with Gasteiger partial charge in [0.2, 0.25) is 11.8 Å². The number of aliphatic carboxylic acids is 1. The molecule has 0 spiro atoms. The fourth-order valence-corrected chi connectivity index (χ4v) is 3.96. The van der Waals surface area contributed by atoms with Crippen LogP contribution in [-0.2, 0) is 14.4 Å². The van der Waals surface area contributed by atoms with Gasteiger partial charge in [-0.2, -0.15) is 0 Å². The minimum atomic E-state index is -0.868. The Balaban J connectivity index is 1.46. The molecule has 0 aromatic heterocycles. The lowest BCUT2D eigenvalue weighted by atomic mass is 9.96. The van der Waals surface area contributed by atoms with Crippen LogP contribution < -0.4 is 14.4 Å². The average molecular weight is 374 g/mol. The molecule has 0 aliphatic carbocycles. The van der Waals surface area contributed by atoms with E-state index in [-0.39, 0.29) is 24.8 Å². The molecule has 8 nitrogen and oxygen atoms in total. The summed E-state index contributed by atoms with van der Waals surface area (Å²) in [7, 11) is 0. The Kier molecular flexibility index (Phi) is 4.63. The Labute approximate surface area is 156 Å². The number of carbonyl (C=O) groups excluding carboxylic acids is 2. The molecule has 144 valence electrons. The van der Waals surface area contributed by atoms with Crippen LogP contribution in [-0.4, -0.2) is 60.6 Å². The number of hydrogen-bond donors (Lipinski definition) is 1. The Morgan fingerprint density at radius 2 is 1.85 bits per heavy atom. The Bertz CT molecular complexity index is 779. The largest absolute Gasteiger partial charge is 0.486 e. The minimum Gasteiger partial charge on any atom is -0.486 e. The van der Waals surface area contributed by atoms with Crippen LogP contribution in [0.4, 0.5) is 5.69 Å². The highest BCUT2D eigenvalue weighted by Crippen LogP contribution is 2.36. The van der Waals surface area contributed by atoms with E-state index < -0.39 is 17.8 Å². The molecule has 2 fully saturated rings. The van der Waals surface area contributed by atoms with E-state index in [0.29, 0.717) is 56.3 Å². The second-order valence-corrected chi connectivity index (χ2v) is 7.19. The van der Waals surface area contributed by atoms with Crippen molar-refractivity contribution in [2.45, 2.75) is 19.3 Å². The molecule has 1 N–H and O–H groups in total. The maximum absolute atomic E-state index is 12.8. The first-order chi connectivity index (χ1) is 13.0. The third-order valence-electron chi connectivity index (χ3n) is 5.39. The molecule has 3 aliphatic heterocycles. The standard InChI is InChI=1S/C19H22N2O6/c22-17-8-13(18(23)20-5-1-2-12(10-20)19(24)25)11-21(17)14-3-4-15-16(9-14)27-7-6-26-15/h3-4,9,12-13H,1-2,5-8,10-11H2,(H,24,25)/t12-,13?/m0/s1. The summed E-state index contributed by atoms with van der Waals surface area (Å²) in [4.78, 5) is 39.8. The van der Waals surface area contributed by atoms with E-state index >= 15 is 0 Å². The third kappa shape index (κ3) is 3.43. The van der Waals surface area contributed by atoms with E-state index in [1.165, 1.54) is 0 Å². The molecule has 3 heterocycles. The van der Waals surface area contributed by atoms with E-state index in [2.05, 4.69) is 0 Å². The number of rotatable bonds is 3. The number of anilines is 1. The number of carboxylic acid groups (broad SMARTS) is 1. The molecule has 4 rings (SSSR count). The van der Waals surface area contributed by atoms with Gasteiger partial charge in [0, 0.05) is 37.8 Å². The zero-order chi connectivity index (χ0) is 19.0. The van der Waals surface area contributed by atoms with Crippen LogP contribution in [0.25, 0.3) is 0 Å². The van der Waals surface area contributed by atoms with E-state index in [4.69, 9.17) is 9.47 Å². The lowest BCUT2D eigenvalue weighted by Crippen LogP contribution is -2.45. The number of benzene rings is 1. The van der Waals surface area contributed by atoms with Crippen LogP contribution in [0.15, 0.2) is 18.2 Å². The molecule has 2 saturated heterocycles. The summed E-state index contributed by atoms with van der Waals surface area (Å²) in [5.74, 6) is -0.829. The summed E-state index contributed by atoms with van der Waals surface area (Å²) >= 11 is 0. The predicted molar refractivity (Wildman–Crippen MR) is 94.8 cm³/mol. The third-order valence-corrected chi connectivity index (χ3v) is 5.39. The van der Waals surface area contributed by atoms with Gasteiger partial charge in [0.05, 0.1) is 11.8 Å². The molecule has 0 radical (unpaired) electrons. The van der Waals surface area contributed by atoms with Crippen LogP contribution in [0.5, 0.6) is 11.5 Å². The molecule has 0 saturated carbocycles. The lowest BCUT2D eigenvalue weighted by molar-refractivity contribution is -0.146. The van der Waals surface area contributed by atoms with Crippen molar-refractivity contribution in [3.8, 4) is 11.5 Å². The number of piperidine rings is 1. The number of fused-ring (bicyclic) bond motifs is 1. The quantitative estimate of drug-likeness (QED) is 0.852. The SMILES string of the molecule is O=C(O)[C@H]1CCCN(C(=O)C2CC(=O)N(c3ccc4c(c3)OCCO4)C2)C1. The highest BCUT2D eigenvalue weighted by Gasteiger charge is 2.39. The number of amides is 2. The fourth-order valence-electron chi connectivity index (χ4n) is 3.96. The number of likely N-dealkylation sites (tertiary alicyclic amines) is 1. The minimum absolute atomic E-state index is 0.114. The van der Waals surface area contributed by atoms with Crippen molar-refractivity contribution in [1.29, 1.82) is 0 Å². The van der Waals surface area contributed by atoms with Crippen LogP contribution >= 0.6 is 0 Å². The Morgan fingerprint density at radius 3 is 2.63 bits per heavy atom. The van der Waals surface area contributed by atoms with Gasteiger partial charge in [-0.25, -0.2) is 0 Å². The summed E-state index contributed by atoms with van der Waals surface area (Å²) < 4.78 is 11.1. The summed E-state index contributed by atoms with van der Waals surface area (Å²) in [5, 5.41) is 9.21. The Hall–Kier alpha value is -2.77. The van der Waals surface area contributed by atoms with Crippen molar-refractivity contribution in [1.82, 2.24) is 4.90 Å². The van der Waals surface area contributed by atoms with Gasteiger partial charge in [-0.3, -0.25) is 14.4 Å². The number of hydrogen-bond acceptors (Lipinski definition) is 5. The smallest absolute Gasteiger partial charge is 0.308 e. The van der Waals surface area contributed by atoms with Gasteiger partial charge in [0.1, 0.15) is 13.2 Å². The van der Waals surface area contributed by atoms with Crippen LogP contribution in [0.1, 0.15) is 19.3 Å². The molecule has 27 heavy (non-hydrogen) atoms. The van der Waals surface area contributed by atoms with Crippen molar-refractivity contribution in [2.24, 2.45) is 11.8 Å². The van der Waals surface area contributed by atoms with Gasteiger partial charge in [0.25, 0.3) is 0 Å². The van der Waals surface area contributed by atoms with Crippen molar-refractivity contribution in [2.75, 3.05) is 37.7 Å². The number of nitrogens with zero attached hydrogens (tertiary/aromatic N) is 2. The summed E-state index contributed by atoms with van der Waals surface area (Å²) in [6.45, 7) is 2.04. The predicted octanol–water partition coefficient (Wildman–Crippen LogP) is 1.13. The maximum atomic E-state index is 12.8. The second kappa shape index (κ2) is 7.09. The summed E-state index contributed by atoms with van der Waals surface area (Å²) in [6.07, 6.45) is 1.41. The highest BCUT2D eigenvalue weighted by atomic mass is 16.6. The molecule has 1 aromatic rings. The summed E-state index contributed by atoms with van der Waals surface area (Å²) in [6, 6.07) is 5.33. The first-order valence-corrected chi connectivity index (χ1v) is 9.24. The molecule has 1 aromatic carbocycles. The van der Waals surface area contributed by atoms with Crippen molar-refractivity contribution in [3.05, 3.63) is 18.2 Å². The molecule has 2 amide bonds. The van der Waals surface area contributed by atoms with Crippen molar-refractivity contribution in [3.63, 3.8) is 0 Å². The normalized spacial score (nSPS) is 24.8. The Morgan fingerprint density at radius 1 is 1.07 bits per heavy atom. The molecular formula is C19H22N2O6. The molecule has 2 atom stereocenters. The van der Waals surface area contributed by atoms with Crippen LogP contribution in [0.2, 0.25) is 0 Å². The topological polar surface area (TPSA) is 96.4 Å². The van der Waals surface area contributed by atoms with Crippen molar-refractivity contribution < 1.29 is 29.0 Å². The zero-order valence-electron chi connectivity index (χ0n) is 14.9. The number of carboxylic acids is 1. The van der Waals surface area contributed by atoms with Gasteiger partial charge >= 0.3 is 5.97 Å². The van der Waals surface area contributed by atoms with E-state index in [1.54, 1.807) is 28.0 Å². The molecule has 8 heteroatoms. The maximum Gasteiger partial charge on any atom is 0.308 e. The number of ether oxygens (including phenoxy) is 2. The molecule has 0 bridgehead atoms. The fraction of sp³-hybridized carbons (Fsp3) is 0.526. The molecule has 1 unspecified atom stereocenters. The lowest BCUT2D eigenvalue weighted by Gasteiger charge is -2.32.